The molecule has 2 aliphatic rings. The Morgan fingerprint density at radius 1 is 1.10 bits per heavy atom. The van der Waals surface area contributed by atoms with Gasteiger partial charge < -0.3 is 25.0 Å². The standard InChI is InChI=1S/C21H32BN3O5/c1-20(2)21(3,4)30-22(29-20)15-11-12-16(23-13-15)24-18(26)17(25-19(27)28)14-9-7-5-6-8-10-14/h11-14,17,25H,5-10H2,1-4H3,(H,27,28)(H,23,24,26). The summed E-state index contributed by atoms with van der Waals surface area (Å²) in [5, 5.41) is 14.4. The van der Waals surface area contributed by atoms with E-state index in [-0.39, 0.29) is 11.8 Å². The van der Waals surface area contributed by atoms with Crippen molar-refractivity contribution in [3.8, 4) is 0 Å². The molecule has 9 heteroatoms. The molecular formula is C21H32BN3O5. The molecule has 1 aliphatic carbocycles. The number of aromatic nitrogens is 1. The molecule has 0 radical (unpaired) electrons. The highest BCUT2D eigenvalue weighted by molar-refractivity contribution is 6.62. The maximum Gasteiger partial charge on any atom is 0.496 e. The average molecular weight is 417 g/mol. The number of anilines is 1. The molecule has 30 heavy (non-hydrogen) atoms. The van der Waals surface area contributed by atoms with E-state index in [1.54, 1.807) is 18.3 Å². The Balaban J connectivity index is 1.67. The number of hydrogen-bond donors (Lipinski definition) is 3. The maximum atomic E-state index is 12.8. The summed E-state index contributed by atoms with van der Waals surface area (Å²) in [5.74, 6) is -0.0149. The van der Waals surface area contributed by atoms with Gasteiger partial charge in [-0.05, 0) is 52.5 Å². The molecule has 0 aromatic carbocycles. The van der Waals surface area contributed by atoms with Crippen LogP contribution in [0.15, 0.2) is 18.3 Å². The Bertz CT molecular complexity index is 744. The normalized spacial score (nSPS) is 22.2. The third-order valence-electron chi connectivity index (χ3n) is 6.50. The summed E-state index contributed by atoms with van der Waals surface area (Å²) in [7, 11) is -0.528. The van der Waals surface area contributed by atoms with Gasteiger partial charge in [0.1, 0.15) is 11.9 Å². The van der Waals surface area contributed by atoms with Crippen LogP contribution in [0.5, 0.6) is 0 Å². The van der Waals surface area contributed by atoms with Gasteiger partial charge in [0.05, 0.1) is 11.2 Å². The molecule has 1 saturated carbocycles. The average Bonchev–Trinajstić information content (AvgIpc) is 2.85. The van der Waals surface area contributed by atoms with Crippen LogP contribution in [0.2, 0.25) is 0 Å². The van der Waals surface area contributed by atoms with Crippen LogP contribution in [0.1, 0.15) is 66.2 Å². The van der Waals surface area contributed by atoms with Crippen LogP contribution in [0, 0.1) is 5.92 Å². The fourth-order valence-corrected chi connectivity index (χ4v) is 3.98. The summed E-state index contributed by atoms with van der Waals surface area (Å²) in [6.07, 6.45) is 6.37. The van der Waals surface area contributed by atoms with E-state index < -0.39 is 30.5 Å². The number of carbonyl (C=O) groups excluding carboxylic acids is 1. The van der Waals surface area contributed by atoms with Crippen LogP contribution < -0.4 is 16.1 Å². The predicted molar refractivity (Wildman–Crippen MR) is 115 cm³/mol. The second kappa shape index (κ2) is 8.94. The molecule has 1 saturated heterocycles. The molecule has 1 unspecified atom stereocenters. The molecule has 3 rings (SSSR count). The predicted octanol–water partition coefficient (Wildman–Crippen LogP) is 2.93. The zero-order valence-electron chi connectivity index (χ0n) is 18.2. The summed E-state index contributed by atoms with van der Waals surface area (Å²) >= 11 is 0. The van der Waals surface area contributed by atoms with Crippen molar-refractivity contribution < 1.29 is 24.0 Å². The highest BCUT2D eigenvalue weighted by atomic mass is 16.7. The number of carbonyl (C=O) groups is 2. The number of nitrogens with zero attached hydrogens (tertiary/aromatic N) is 1. The first-order valence-electron chi connectivity index (χ1n) is 10.7. The number of carboxylic acid groups (broad SMARTS) is 1. The Morgan fingerprint density at radius 2 is 1.70 bits per heavy atom. The Morgan fingerprint density at radius 3 is 2.20 bits per heavy atom. The van der Waals surface area contributed by atoms with E-state index in [4.69, 9.17) is 9.31 Å². The topological polar surface area (TPSA) is 110 Å². The second-order valence-electron chi connectivity index (χ2n) is 9.23. The van der Waals surface area contributed by atoms with E-state index in [0.29, 0.717) is 5.82 Å². The molecule has 1 aliphatic heterocycles. The summed E-state index contributed by atoms with van der Waals surface area (Å²) in [6.45, 7) is 7.94. The van der Waals surface area contributed by atoms with Crippen LogP contribution in [-0.2, 0) is 14.1 Å². The molecule has 0 spiro atoms. The number of pyridine rings is 1. The van der Waals surface area contributed by atoms with Crippen LogP contribution >= 0.6 is 0 Å². The SMILES string of the molecule is CC1(C)OB(c2ccc(NC(=O)C(NC(=O)O)C3CCCCCC3)nc2)OC1(C)C. The number of amides is 2. The van der Waals surface area contributed by atoms with E-state index in [1.807, 2.05) is 27.7 Å². The molecule has 2 amide bonds. The second-order valence-corrected chi connectivity index (χ2v) is 9.23. The van der Waals surface area contributed by atoms with Crippen molar-refractivity contribution in [2.24, 2.45) is 5.92 Å². The Labute approximate surface area is 178 Å². The molecule has 2 fully saturated rings. The van der Waals surface area contributed by atoms with E-state index in [9.17, 15) is 14.7 Å². The fourth-order valence-electron chi connectivity index (χ4n) is 3.98. The van der Waals surface area contributed by atoms with Gasteiger partial charge >= 0.3 is 13.2 Å². The molecule has 164 valence electrons. The number of nitrogens with one attached hydrogen (secondary N) is 2. The van der Waals surface area contributed by atoms with Gasteiger partial charge in [-0.2, -0.15) is 0 Å². The van der Waals surface area contributed by atoms with Gasteiger partial charge in [-0.15, -0.1) is 0 Å². The highest BCUT2D eigenvalue weighted by Crippen LogP contribution is 2.36. The van der Waals surface area contributed by atoms with Gasteiger partial charge in [0.2, 0.25) is 5.91 Å². The minimum absolute atomic E-state index is 0.00683. The molecule has 1 aromatic heterocycles. The summed E-state index contributed by atoms with van der Waals surface area (Å²) in [4.78, 5) is 28.4. The third-order valence-corrected chi connectivity index (χ3v) is 6.50. The van der Waals surface area contributed by atoms with Crippen molar-refractivity contribution in [1.82, 2.24) is 10.3 Å². The first kappa shape index (κ1) is 22.6. The quantitative estimate of drug-likeness (QED) is 0.502. The minimum Gasteiger partial charge on any atom is -0.465 e. The minimum atomic E-state index is -1.19. The lowest BCUT2D eigenvalue weighted by molar-refractivity contribution is -0.119. The Kier molecular flexibility index (Phi) is 6.72. The maximum absolute atomic E-state index is 12.8. The van der Waals surface area contributed by atoms with E-state index in [2.05, 4.69) is 15.6 Å². The van der Waals surface area contributed by atoms with Crippen molar-refractivity contribution in [2.75, 3.05) is 5.32 Å². The molecule has 1 aromatic rings. The largest absolute Gasteiger partial charge is 0.496 e. The van der Waals surface area contributed by atoms with E-state index >= 15 is 0 Å². The van der Waals surface area contributed by atoms with Crippen molar-refractivity contribution in [1.29, 1.82) is 0 Å². The smallest absolute Gasteiger partial charge is 0.465 e. The van der Waals surface area contributed by atoms with Gasteiger partial charge in [-0.25, -0.2) is 9.78 Å². The molecule has 0 bridgehead atoms. The van der Waals surface area contributed by atoms with E-state index in [0.717, 1.165) is 44.0 Å². The zero-order chi connectivity index (χ0) is 21.9. The van der Waals surface area contributed by atoms with Gasteiger partial charge in [-0.1, -0.05) is 31.7 Å². The van der Waals surface area contributed by atoms with E-state index in [1.165, 1.54) is 0 Å². The van der Waals surface area contributed by atoms with Crippen LogP contribution in [0.3, 0.4) is 0 Å². The molecule has 3 N–H and O–H groups in total. The highest BCUT2D eigenvalue weighted by Gasteiger charge is 2.51. The van der Waals surface area contributed by atoms with Crippen molar-refractivity contribution >= 4 is 30.4 Å². The molecule has 8 nitrogen and oxygen atoms in total. The summed E-state index contributed by atoms with van der Waals surface area (Å²) in [5.41, 5.74) is -0.131. The number of rotatable bonds is 5. The van der Waals surface area contributed by atoms with Gasteiger partial charge in [-0.3, -0.25) is 4.79 Å². The molecule has 2 heterocycles. The van der Waals surface area contributed by atoms with Crippen molar-refractivity contribution in [3.05, 3.63) is 18.3 Å². The Hall–Kier alpha value is -2.13. The lowest BCUT2D eigenvalue weighted by Gasteiger charge is -2.32. The number of hydrogen-bond acceptors (Lipinski definition) is 5. The molecular weight excluding hydrogens is 385 g/mol. The van der Waals surface area contributed by atoms with Crippen LogP contribution in [0.25, 0.3) is 0 Å². The van der Waals surface area contributed by atoms with Gasteiger partial charge in [0, 0.05) is 11.7 Å². The monoisotopic (exact) mass is 417 g/mol. The van der Waals surface area contributed by atoms with Crippen LogP contribution in [0.4, 0.5) is 10.6 Å². The zero-order valence-corrected chi connectivity index (χ0v) is 18.2. The van der Waals surface area contributed by atoms with Crippen LogP contribution in [-0.4, -0.2) is 46.5 Å². The molecule has 1 atom stereocenters. The van der Waals surface area contributed by atoms with Crippen molar-refractivity contribution in [3.63, 3.8) is 0 Å². The van der Waals surface area contributed by atoms with Crippen molar-refractivity contribution in [2.45, 2.75) is 83.5 Å². The first-order valence-corrected chi connectivity index (χ1v) is 10.7. The summed E-state index contributed by atoms with van der Waals surface area (Å²) in [6, 6.07) is 2.70. The fraction of sp³-hybridized carbons (Fsp3) is 0.667. The summed E-state index contributed by atoms with van der Waals surface area (Å²) < 4.78 is 12.0. The lowest BCUT2D eigenvalue weighted by atomic mass is 9.80. The first-order chi connectivity index (χ1) is 14.1. The third kappa shape index (κ3) is 5.13. The van der Waals surface area contributed by atoms with Gasteiger partial charge in [0.15, 0.2) is 0 Å². The van der Waals surface area contributed by atoms with Gasteiger partial charge in [0.25, 0.3) is 0 Å². The lowest BCUT2D eigenvalue weighted by Crippen LogP contribution is -2.48.